The summed E-state index contributed by atoms with van der Waals surface area (Å²) in [4.78, 5) is 30.3. The van der Waals surface area contributed by atoms with Crippen molar-refractivity contribution in [3.05, 3.63) is 63.1 Å². The van der Waals surface area contributed by atoms with E-state index in [0.717, 1.165) is 19.3 Å². The molecule has 6 nitrogen and oxygen atoms in total. The van der Waals surface area contributed by atoms with Gasteiger partial charge in [0.1, 0.15) is 0 Å². The van der Waals surface area contributed by atoms with E-state index in [1.54, 1.807) is 34.8 Å². The van der Waals surface area contributed by atoms with Gasteiger partial charge in [0, 0.05) is 44.2 Å². The van der Waals surface area contributed by atoms with Crippen molar-refractivity contribution in [2.24, 2.45) is 0 Å². The van der Waals surface area contributed by atoms with Crippen LogP contribution in [0.2, 0.25) is 0 Å². The predicted octanol–water partition coefficient (Wildman–Crippen LogP) is 3.25. The molecular formula is C22H25N3O3. The molecule has 146 valence electrons. The van der Waals surface area contributed by atoms with E-state index in [4.69, 9.17) is 4.74 Å². The van der Waals surface area contributed by atoms with Gasteiger partial charge in [0.05, 0.1) is 22.9 Å². The molecule has 0 aliphatic heterocycles. The summed E-state index contributed by atoms with van der Waals surface area (Å²) in [7, 11) is 1.61. The fraction of sp³-hybridized carbons (Fsp3) is 0.409. The van der Waals surface area contributed by atoms with Crippen LogP contribution in [0, 0.1) is 0 Å². The summed E-state index contributed by atoms with van der Waals surface area (Å²) in [6.45, 7) is 1.58. The third kappa shape index (κ3) is 3.52. The van der Waals surface area contributed by atoms with Gasteiger partial charge in [-0.1, -0.05) is 11.6 Å². The van der Waals surface area contributed by atoms with Crippen LogP contribution in [-0.2, 0) is 17.8 Å². The Labute approximate surface area is 163 Å². The maximum Gasteiger partial charge on any atom is 0.260 e. The monoisotopic (exact) mass is 379 g/mol. The quantitative estimate of drug-likeness (QED) is 0.487. The second-order valence-electron chi connectivity index (χ2n) is 7.33. The molecule has 0 aromatic carbocycles. The van der Waals surface area contributed by atoms with Gasteiger partial charge < -0.3 is 13.9 Å². The van der Waals surface area contributed by atoms with E-state index in [1.165, 1.54) is 18.4 Å². The second-order valence-corrected chi connectivity index (χ2v) is 7.33. The van der Waals surface area contributed by atoms with E-state index >= 15 is 0 Å². The lowest BCUT2D eigenvalue weighted by atomic mass is 9.97. The van der Waals surface area contributed by atoms with Crippen LogP contribution in [0.15, 0.2) is 52.0 Å². The van der Waals surface area contributed by atoms with E-state index in [-0.39, 0.29) is 11.1 Å². The highest BCUT2D eigenvalue weighted by Crippen LogP contribution is 2.21. The van der Waals surface area contributed by atoms with Gasteiger partial charge >= 0.3 is 0 Å². The Morgan fingerprint density at radius 3 is 2.64 bits per heavy atom. The predicted molar refractivity (Wildman–Crippen MR) is 111 cm³/mol. The number of rotatable bonds is 6. The third-order valence-electron chi connectivity index (χ3n) is 5.54. The molecule has 0 spiro atoms. The average molecular weight is 379 g/mol. The Morgan fingerprint density at radius 1 is 1.04 bits per heavy atom. The molecule has 0 bridgehead atoms. The first kappa shape index (κ1) is 18.6. The van der Waals surface area contributed by atoms with Crippen molar-refractivity contribution < 1.29 is 4.74 Å². The Bertz CT molecular complexity index is 1160. The number of methoxy groups -OCH3 is 1. The number of aromatic nitrogens is 3. The molecule has 0 atom stereocenters. The van der Waals surface area contributed by atoms with Crippen LogP contribution in [0.4, 0.5) is 0 Å². The van der Waals surface area contributed by atoms with Crippen molar-refractivity contribution in [1.29, 1.82) is 0 Å². The molecule has 4 rings (SSSR count). The highest BCUT2D eigenvalue weighted by atomic mass is 16.5. The van der Waals surface area contributed by atoms with Gasteiger partial charge in [-0.2, -0.15) is 0 Å². The highest BCUT2D eigenvalue weighted by molar-refractivity contribution is 6.04. The van der Waals surface area contributed by atoms with Crippen LogP contribution in [0.5, 0.6) is 0 Å². The molecule has 0 unspecified atom stereocenters. The average Bonchev–Trinajstić information content (AvgIpc) is 2.73. The van der Waals surface area contributed by atoms with Crippen LogP contribution in [-0.4, -0.2) is 27.8 Å². The summed E-state index contributed by atoms with van der Waals surface area (Å²) in [5.74, 6) is 0. The fourth-order valence-corrected chi connectivity index (χ4v) is 3.93. The minimum absolute atomic E-state index is 0.0880. The first-order valence-electron chi connectivity index (χ1n) is 9.87. The summed E-state index contributed by atoms with van der Waals surface area (Å²) >= 11 is 0. The van der Waals surface area contributed by atoms with Gasteiger partial charge in [-0.05, 0) is 44.2 Å². The highest BCUT2D eigenvalue weighted by Gasteiger charge is 2.12. The zero-order valence-corrected chi connectivity index (χ0v) is 16.2. The van der Waals surface area contributed by atoms with Crippen molar-refractivity contribution in [3.63, 3.8) is 0 Å². The number of hydrogen-bond donors (Lipinski definition) is 0. The zero-order valence-electron chi connectivity index (χ0n) is 16.2. The van der Waals surface area contributed by atoms with Crippen molar-refractivity contribution in [3.8, 4) is 0 Å². The number of nitrogens with zero attached hydrogens (tertiary/aromatic N) is 3. The molecule has 6 heteroatoms. The summed E-state index contributed by atoms with van der Waals surface area (Å²) in [6.07, 6.45) is 13.1. The molecule has 0 radical (unpaired) electrons. The third-order valence-corrected chi connectivity index (χ3v) is 5.54. The standard InChI is InChI=1S/C22H25N3O3/c1-28-14-13-25-12-9-19-20(22(25)27)17-8-11-24(21(26)18(17)15-23-19)10-7-16-5-3-2-4-6-16/h5,8-9,11-12,15H,2-4,6-7,10,13-14H2,1H3. The lowest BCUT2D eigenvalue weighted by Crippen LogP contribution is -2.24. The number of allylic oxidation sites excluding steroid dienone is 2. The fourth-order valence-electron chi connectivity index (χ4n) is 3.93. The summed E-state index contributed by atoms with van der Waals surface area (Å²) < 4.78 is 8.42. The van der Waals surface area contributed by atoms with Crippen molar-refractivity contribution in [2.45, 2.75) is 45.2 Å². The van der Waals surface area contributed by atoms with Crippen LogP contribution >= 0.6 is 0 Å². The van der Waals surface area contributed by atoms with Gasteiger partial charge in [0.15, 0.2) is 0 Å². The molecule has 0 saturated carbocycles. The van der Waals surface area contributed by atoms with E-state index in [9.17, 15) is 9.59 Å². The van der Waals surface area contributed by atoms with E-state index in [0.29, 0.717) is 41.4 Å². The van der Waals surface area contributed by atoms with Crippen LogP contribution in [0.3, 0.4) is 0 Å². The molecular weight excluding hydrogens is 354 g/mol. The number of ether oxygens (including phenoxy) is 1. The molecule has 3 aromatic rings. The normalized spacial score (nSPS) is 14.5. The molecule has 28 heavy (non-hydrogen) atoms. The van der Waals surface area contributed by atoms with Crippen molar-refractivity contribution in [2.75, 3.05) is 13.7 Å². The molecule has 1 aliphatic rings. The van der Waals surface area contributed by atoms with Crippen LogP contribution in [0.25, 0.3) is 21.7 Å². The number of fused-ring (bicyclic) bond motifs is 3. The number of hydrogen-bond acceptors (Lipinski definition) is 4. The summed E-state index contributed by atoms with van der Waals surface area (Å²) in [5, 5.41) is 1.66. The molecule has 0 saturated heterocycles. The number of aryl methyl sites for hydroxylation is 1. The smallest absolute Gasteiger partial charge is 0.260 e. The van der Waals surface area contributed by atoms with Crippen molar-refractivity contribution >= 4 is 21.7 Å². The van der Waals surface area contributed by atoms with Gasteiger partial charge in [-0.3, -0.25) is 14.6 Å². The van der Waals surface area contributed by atoms with Gasteiger partial charge in [-0.15, -0.1) is 0 Å². The SMILES string of the molecule is COCCn1ccc2ncc3c(=O)n(CCC4=CCCCC4)ccc3c2c1=O. The maximum absolute atomic E-state index is 13.0. The Hall–Kier alpha value is -2.73. The Morgan fingerprint density at radius 2 is 1.86 bits per heavy atom. The molecule has 3 heterocycles. The minimum Gasteiger partial charge on any atom is -0.383 e. The molecule has 0 N–H and O–H groups in total. The number of pyridine rings is 3. The lowest BCUT2D eigenvalue weighted by Gasteiger charge is -2.14. The van der Waals surface area contributed by atoms with Gasteiger partial charge in [-0.25, -0.2) is 0 Å². The maximum atomic E-state index is 13.0. The van der Waals surface area contributed by atoms with Crippen molar-refractivity contribution in [1.82, 2.24) is 14.1 Å². The first-order chi connectivity index (χ1) is 13.7. The van der Waals surface area contributed by atoms with Gasteiger partial charge in [0.25, 0.3) is 11.1 Å². The molecule has 0 fully saturated rings. The second kappa shape index (κ2) is 8.10. The summed E-state index contributed by atoms with van der Waals surface area (Å²) in [6, 6.07) is 3.69. The van der Waals surface area contributed by atoms with E-state index in [2.05, 4.69) is 11.1 Å². The first-order valence-corrected chi connectivity index (χ1v) is 9.87. The summed E-state index contributed by atoms with van der Waals surface area (Å²) in [5.41, 5.74) is 1.82. The molecule has 3 aromatic heterocycles. The molecule has 1 aliphatic carbocycles. The zero-order chi connectivity index (χ0) is 19.5. The largest absolute Gasteiger partial charge is 0.383 e. The van der Waals surface area contributed by atoms with E-state index in [1.807, 2.05) is 12.1 Å². The lowest BCUT2D eigenvalue weighted by molar-refractivity contribution is 0.186. The molecule has 0 amide bonds. The van der Waals surface area contributed by atoms with E-state index < -0.39 is 0 Å². The Kier molecular flexibility index (Phi) is 5.39. The van der Waals surface area contributed by atoms with Crippen LogP contribution < -0.4 is 11.1 Å². The topological polar surface area (TPSA) is 66.1 Å². The Balaban J connectivity index is 1.75. The minimum atomic E-state index is -0.142. The van der Waals surface area contributed by atoms with Crippen LogP contribution in [0.1, 0.15) is 32.1 Å². The van der Waals surface area contributed by atoms with Gasteiger partial charge in [0.2, 0.25) is 0 Å².